The van der Waals surface area contributed by atoms with E-state index in [0.29, 0.717) is 40.7 Å². The summed E-state index contributed by atoms with van der Waals surface area (Å²) in [5, 5.41) is 7.67. The molecule has 2 aromatic heterocycles. The van der Waals surface area contributed by atoms with Crippen molar-refractivity contribution in [2.45, 2.75) is 33.7 Å². The summed E-state index contributed by atoms with van der Waals surface area (Å²) in [5.74, 6) is 1.63. The highest BCUT2D eigenvalue weighted by Crippen LogP contribution is 2.31. The third kappa shape index (κ3) is 2.87. The Morgan fingerprint density at radius 3 is 2.83 bits per heavy atom. The number of carbonyl (C=O) groups is 1. The van der Waals surface area contributed by atoms with Crippen LogP contribution in [-0.2, 0) is 0 Å². The molecule has 0 radical (unpaired) electrons. The molecule has 1 N–H and O–H groups in total. The number of fused-ring (bicyclic) bond motifs is 1. The van der Waals surface area contributed by atoms with Crippen molar-refractivity contribution in [3.63, 3.8) is 0 Å². The molecule has 0 aliphatic rings. The van der Waals surface area contributed by atoms with Gasteiger partial charge in [0.25, 0.3) is 5.91 Å². The van der Waals surface area contributed by atoms with Gasteiger partial charge in [0, 0.05) is 5.39 Å². The predicted molar refractivity (Wildman–Crippen MR) is 89.2 cm³/mol. The van der Waals surface area contributed by atoms with Crippen LogP contribution in [0.4, 0.5) is 0 Å². The van der Waals surface area contributed by atoms with Crippen LogP contribution in [0.25, 0.3) is 11.0 Å². The lowest BCUT2D eigenvalue weighted by atomic mass is 10.1. The molecule has 1 atom stereocenters. The molecule has 0 saturated heterocycles. The van der Waals surface area contributed by atoms with Gasteiger partial charge in [0.15, 0.2) is 11.3 Å². The Balaban J connectivity index is 1.85. The van der Waals surface area contributed by atoms with Crippen LogP contribution < -0.4 is 10.1 Å². The summed E-state index contributed by atoms with van der Waals surface area (Å²) < 4.78 is 16.5. The zero-order valence-corrected chi connectivity index (χ0v) is 14.2. The minimum Gasteiger partial charge on any atom is -0.490 e. The van der Waals surface area contributed by atoms with Gasteiger partial charge >= 0.3 is 0 Å². The van der Waals surface area contributed by atoms with Gasteiger partial charge in [-0.2, -0.15) is 0 Å². The number of benzene rings is 1. The Hall–Kier alpha value is -2.76. The van der Waals surface area contributed by atoms with Gasteiger partial charge in [0.1, 0.15) is 17.1 Å². The third-order valence-corrected chi connectivity index (χ3v) is 3.86. The van der Waals surface area contributed by atoms with Crippen molar-refractivity contribution in [3.05, 3.63) is 47.0 Å². The van der Waals surface area contributed by atoms with E-state index in [1.165, 1.54) is 0 Å². The van der Waals surface area contributed by atoms with Crippen molar-refractivity contribution in [3.8, 4) is 5.75 Å². The predicted octanol–water partition coefficient (Wildman–Crippen LogP) is 3.93. The molecule has 126 valence electrons. The van der Waals surface area contributed by atoms with Crippen LogP contribution in [0.3, 0.4) is 0 Å². The van der Waals surface area contributed by atoms with Gasteiger partial charge in [-0.05, 0) is 39.8 Å². The molecular weight excluding hydrogens is 308 g/mol. The van der Waals surface area contributed by atoms with Crippen LogP contribution in [0.15, 0.2) is 33.2 Å². The highest BCUT2D eigenvalue weighted by atomic mass is 16.5. The maximum absolute atomic E-state index is 12.4. The molecule has 0 spiro atoms. The largest absolute Gasteiger partial charge is 0.490 e. The van der Waals surface area contributed by atoms with E-state index in [9.17, 15) is 4.79 Å². The topological polar surface area (TPSA) is 77.5 Å². The second kappa shape index (κ2) is 6.39. The molecule has 0 aliphatic heterocycles. The molecule has 3 rings (SSSR count). The number of nitrogens with one attached hydrogen (secondary N) is 1. The number of hydrogen-bond acceptors (Lipinski definition) is 5. The number of ether oxygens (including phenoxy) is 1. The lowest BCUT2D eigenvalue weighted by Crippen LogP contribution is -2.27. The number of amides is 1. The van der Waals surface area contributed by atoms with Gasteiger partial charge in [0.05, 0.1) is 18.3 Å². The zero-order valence-electron chi connectivity index (χ0n) is 14.2. The molecule has 24 heavy (non-hydrogen) atoms. The van der Waals surface area contributed by atoms with Crippen LogP contribution in [0, 0.1) is 13.8 Å². The second-order valence-corrected chi connectivity index (χ2v) is 5.65. The standard InChI is InChI=1S/C18H20N2O4/c1-5-22-14-8-6-7-13-9-15(23-17(13)14)10(2)19-18(21)16-11(3)20-24-12(16)4/h6-10H,5H2,1-4H3,(H,19,21)/t10-/m0/s1. The van der Waals surface area contributed by atoms with E-state index in [4.69, 9.17) is 13.7 Å². The van der Waals surface area contributed by atoms with Crippen LogP contribution in [-0.4, -0.2) is 17.7 Å². The molecule has 0 aliphatic carbocycles. The minimum atomic E-state index is -0.298. The number of hydrogen-bond donors (Lipinski definition) is 1. The first-order valence-electron chi connectivity index (χ1n) is 7.90. The van der Waals surface area contributed by atoms with Crippen LogP contribution in [0.1, 0.15) is 47.5 Å². The summed E-state index contributed by atoms with van der Waals surface area (Å²) in [4.78, 5) is 12.4. The van der Waals surface area contributed by atoms with E-state index < -0.39 is 0 Å². The van der Waals surface area contributed by atoms with Gasteiger partial charge in [0.2, 0.25) is 0 Å². The third-order valence-electron chi connectivity index (χ3n) is 3.86. The molecule has 1 aromatic carbocycles. The number of rotatable bonds is 5. The number of furan rings is 1. The Morgan fingerprint density at radius 2 is 2.17 bits per heavy atom. The maximum Gasteiger partial charge on any atom is 0.257 e. The highest BCUT2D eigenvalue weighted by Gasteiger charge is 2.21. The van der Waals surface area contributed by atoms with E-state index in [-0.39, 0.29) is 11.9 Å². The molecular formula is C18H20N2O4. The minimum absolute atomic E-state index is 0.232. The van der Waals surface area contributed by atoms with Crippen LogP contribution >= 0.6 is 0 Å². The first-order valence-corrected chi connectivity index (χ1v) is 7.90. The summed E-state index contributed by atoms with van der Waals surface area (Å²) in [6, 6.07) is 7.35. The van der Waals surface area contributed by atoms with Crippen LogP contribution in [0.2, 0.25) is 0 Å². The van der Waals surface area contributed by atoms with Gasteiger partial charge in [-0.3, -0.25) is 4.79 Å². The van der Waals surface area contributed by atoms with Crippen molar-refractivity contribution in [2.24, 2.45) is 0 Å². The molecule has 0 saturated carbocycles. The molecule has 1 amide bonds. The van der Waals surface area contributed by atoms with E-state index >= 15 is 0 Å². The number of carbonyl (C=O) groups excluding carboxylic acids is 1. The second-order valence-electron chi connectivity index (χ2n) is 5.65. The van der Waals surface area contributed by atoms with Crippen molar-refractivity contribution in [2.75, 3.05) is 6.61 Å². The van der Waals surface area contributed by atoms with E-state index in [0.717, 1.165) is 5.39 Å². The molecule has 3 aromatic rings. The lowest BCUT2D eigenvalue weighted by molar-refractivity contribution is 0.0933. The van der Waals surface area contributed by atoms with E-state index in [1.54, 1.807) is 13.8 Å². The average Bonchev–Trinajstić information content (AvgIpc) is 3.12. The normalized spacial score (nSPS) is 12.3. The maximum atomic E-state index is 12.4. The highest BCUT2D eigenvalue weighted by molar-refractivity contribution is 5.96. The fraction of sp³-hybridized carbons (Fsp3) is 0.333. The Labute approximate surface area is 139 Å². The Bertz CT molecular complexity index is 859. The summed E-state index contributed by atoms with van der Waals surface area (Å²) in [6.45, 7) is 7.82. The van der Waals surface area contributed by atoms with Gasteiger partial charge in [-0.15, -0.1) is 0 Å². The quantitative estimate of drug-likeness (QED) is 0.768. The molecule has 0 bridgehead atoms. The summed E-state index contributed by atoms with van der Waals surface area (Å²) in [7, 11) is 0. The Morgan fingerprint density at radius 1 is 1.38 bits per heavy atom. The van der Waals surface area contributed by atoms with Gasteiger partial charge in [-0.25, -0.2) is 0 Å². The summed E-state index contributed by atoms with van der Waals surface area (Å²) in [6.07, 6.45) is 0. The van der Waals surface area contributed by atoms with Crippen molar-refractivity contribution >= 4 is 16.9 Å². The van der Waals surface area contributed by atoms with E-state index in [1.807, 2.05) is 38.1 Å². The van der Waals surface area contributed by atoms with Crippen molar-refractivity contribution in [1.29, 1.82) is 0 Å². The fourth-order valence-electron chi connectivity index (χ4n) is 2.69. The lowest BCUT2D eigenvalue weighted by Gasteiger charge is -2.11. The average molecular weight is 328 g/mol. The molecule has 0 fully saturated rings. The molecule has 2 heterocycles. The summed E-state index contributed by atoms with van der Waals surface area (Å²) in [5.41, 5.74) is 1.72. The van der Waals surface area contributed by atoms with Gasteiger partial charge in [-0.1, -0.05) is 17.3 Å². The monoisotopic (exact) mass is 328 g/mol. The molecule has 6 heteroatoms. The molecule has 6 nitrogen and oxygen atoms in total. The first kappa shape index (κ1) is 16.1. The number of aromatic nitrogens is 1. The SMILES string of the molecule is CCOc1cccc2cc([C@H](C)NC(=O)c3c(C)noc3C)oc12. The summed E-state index contributed by atoms with van der Waals surface area (Å²) >= 11 is 0. The first-order chi connectivity index (χ1) is 11.5. The van der Waals surface area contributed by atoms with Crippen LogP contribution in [0.5, 0.6) is 5.75 Å². The number of aryl methyl sites for hydroxylation is 2. The van der Waals surface area contributed by atoms with Crippen molar-refractivity contribution in [1.82, 2.24) is 10.5 Å². The van der Waals surface area contributed by atoms with E-state index in [2.05, 4.69) is 10.5 Å². The number of para-hydroxylation sites is 1. The Kier molecular flexibility index (Phi) is 4.29. The van der Waals surface area contributed by atoms with Gasteiger partial charge < -0.3 is 19.0 Å². The fourth-order valence-corrected chi connectivity index (χ4v) is 2.69. The smallest absolute Gasteiger partial charge is 0.257 e. The van der Waals surface area contributed by atoms with Crippen molar-refractivity contribution < 1.29 is 18.5 Å². The molecule has 0 unspecified atom stereocenters. The zero-order chi connectivity index (χ0) is 17.3. The number of nitrogens with zero attached hydrogens (tertiary/aromatic N) is 1.